The summed E-state index contributed by atoms with van der Waals surface area (Å²) in [5.74, 6) is 0.212. The molecule has 110 valence electrons. The molecule has 1 aliphatic heterocycles. The Hall–Kier alpha value is -1.62. The van der Waals surface area contributed by atoms with Crippen LogP contribution in [0.15, 0.2) is 17.1 Å². The molecule has 0 radical (unpaired) electrons. The quantitative estimate of drug-likeness (QED) is 0.880. The lowest BCUT2D eigenvalue weighted by atomic mass is 9.99. The fourth-order valence-corrected chi connectivity index (χ4v) is 2.67. The summed E-state index contributed by atoms with van der Waals surface area (Å²) in [4.78, 5) is 31.7. The average molecular weight is 277 g/mol. The minimum atomic E-state index is -0.201. The van der Waals surface area contributed by atoms with Crippen molar-refractivity contribution in [3.63, 3.8) is 0 Å². The van der Waals surface area contributed by atoms with Crippen LogP contribution in [0, 0.1) is 12.8 Å². The fourth-order valence-electron chi connectivity index (χ4n) is 2.67. The van der Waals surface area contributed by atoms with Gasteiger partial charge < -0.3 is 14.8 Å². The number of hydrogen-bond donors (Lipinski definition) is 1. The van der Waals surface area contributed by atoms with E-state index in [4.69, 9.17) is 0 Å². The van der Waals surface area contributed by atoms with Crippen LogP contribution in [0.3, 0.4) is 0 Å². The maximum Gasteiger partial charge on any atom is 0.259 e. The number of aromatic nitrogens is 1. The van der Waals surface area contributed by atoms with Gasteiger partial charge in [-0.1, -0.05) is 13.8 Å². The lowest BCUT2D eigenvalue weighted by Gasteiger charge is -2.42. The average Bonchev–Trinajstić information content (AvgIpc) is 2.37. The maximum atomic E-state index is 12.6. The van der Waals surface area contributed by atoms with Gasteiger partial charge in [-0.05, 0) is 19.9 Å². The zero-order valence-corrected chi connectivity index (χ0v) is 12.6. The van der Waals surface area contributed by atoms with E-state index in [9.17, 15) is 9.59 Å². The van der Waals surface area contributed by atoms with E-state index in [2.05, 4.69) is 30.8 Å². The fraction of sp³-hybridized carbons (Fsp3) is 0.600. The van der Waals surface area contributed by atoms with Crippen LogP contribution >= 0.6 is 0 Å². The topological polar surface area (TPSA) is 56.4 Å². The van der Waals surface area contributed by atoms with Crippen molar-refractivity contribution >= 4 is 5.91 Å². The molecule has 2 rings (SSSR count). The summed E-state index contributed by atoms with van der Waals surface area (Å²) in [7, 11) is 2.07. The standard InChI is InChI=1S/C15H23N3O2/c1-10(2)13-9-17(4)5-6-18(13)15(20)12-8-16-11(3)7-14(12)19/h7-8,10,13H,5-6,9H2,1-4H3,(H,16,19)/t13-/m1/s1. The first-order chi connectivity index (χ1) is 9.40. The van der Waals surface area contributed by atoms with Gasteiger partial charge in [0.2, 0.25) is 0 Å². The minimum absolute atomic E-state index is 0.155. The molecule has 1 aromatic rings. The Labute approximate surface area is 119 Å². The molecular formula is C15H23N3O2. The summed E-state index contributed by atoms with van der Waals surface area (Å²) in [6.07, 6.45) is 1.54. The van der Waals surface area contributed by atoms with Gasteiger partial charge in [-0.2, -0.15) is 0 Å². The van der Waals surface area contributed by atoms with Crippen molar-refractivity contribution in [3.8, 4) is 0 Å². The highest BCUT2D eigenvalue weighted by Crippen LogP contribution is 2.18. The van der Waals surface area contributed by atoms with Gasteiger partial charge in [0.1, 0.15) is 5.56 Å². The minimum Gasteiger partial charge on any atom is -0.364 e. The van der Waals surface area contributed by atoms with E-state index in [1.807, 2.05) is 11.8 Å². The summed E-state index contributed by atoms with van der Waals surface area (Å²) < 4.78 is 0. The van der Waals surface area contributed by atoms with Gasteiger partial charge in [0.25, 0.3) is 5.91 Å². The van der Waals surface area contributed by atoms with E-state index in [1.165, 1.54) is 12.3 Å². The van der Waals surface area contributed by atoms with Crippen molar-refractivity contribution < 1.29 is 4.79 Å². The number of aromatic amines is 1. The van der Waals surface area contributed by atoms with Crippen molar-refractivity contribution in [2.75, 3.05) is 26.7 Å². The molecule has 0 aliphatic carbocycles. The predicted molar refractivity (Wildman–Crippen MR) is 79.0 cm³/mol. The van der Waals surface area contributed by atoms with E-state index in [0.717, 1.165) is 18.8 Å². The Kier molecular flexibility index (Phi) is 4.28. The smallest absolute Gasteiger partial charge is 0.259 e. The van der Waals surface area contributed by atoms with Crippen LogP contribution in [0.25, 0.3) is 0 Å². The number of likely N-dealkylation sites (N-methyl/N-ethyl adjacent to an activating group) is 1. The lowest BCUT2D eigenvalue weighted by molar-refractivity contribution is 0.0401. The molecule has 0 spiro atoms. The Morgan fingerprint density at radius 2 is 2.10 bits per heavy atom. The number of pyridine rings is 1. The van der Waals surface area contributed by atoms with Gasteiger partial charge in [-0.3, -0.25) is 9.59 Å². The molecule has 1 atom stereocenters. The van der Waals surface area contributed by atoms with Crippen LogP contribution in [0.5, 0.6) is 0 Å². The second-order valence-corrected chi connectivity index (χ2v) is 5.97. The van der Waals surface area contributed by atoms with E-state index in [-0.39, 0.29) is 22.9 Å². The highest BCUT2D eigenvalue weighted by atomic mass is 16.2. The molecule has 2 heterocycles. The Morgan fingerprint density at radius 1 is 1.40 bits per heavy atom. The van der Waals surface area contributed by atoms with E-state index in [0.29, 0.717) is 12.5 Å². The highest BCUT2D eigenvalue weighted by Gasteiger charge is 2.32. The molecule has 1 aliphatic rings. The monoisotopic (exact) mass is 277 g/mol. The molecule has 1 N–H and O–H groups in total. The van der Waals surface area contributed by atoms with Crippen molar-refractivity contribution in [2.45, 2.75) is 26.8 Å². The van der Waals surface area contributed by atoms with Gasteiger partial charge in [0, 0.05) is 43.6 Å². The molecular weight excluding hydrogens is 254 g/mol. The number of piperazine rings is 1. The summed E-state index contributed by atoms with van der Waals surface area (Å²) in [5.41, 5.74) is 0.809. The van der Waals surface area contributed by atoms with Gasteiger partial charge >= 0.3 is 0 Å². The number of nitrogens with zero attached hydrogens (tertiary/aromatic N) is 2. The molecule has 5 heteroatoms. The van der Waals surface area contributed by atoms with Crippen LogP contribution < -0.4 is 5.43 Å². The van der Waals surface area contributed by atoms with Crippen molar-refractivity contribution in [1.82, 2.24) is 14.8 Å². The highest BCUT2D eigenvalue weighted by molar-refractivity contribution is 5.94. The zero-order chi connectivity index (χ0) is 14.9. The number of carbonyl (C=O) groups is 1. The van der Waals surface area contributed by atoms with Gasteiger partial charge in [0.15, 0.2) is 5.43 Å². The summed E-state index contributed by atoms with van der Waals surface area (Å²) in [5, 5.41) is 0. The number of carbonyl (C=O) groups excluding carboxylic acids is 1. The summed E-state index contributed by atoms with van der Waals surface area (Å²) in [6, 6.07) is 1.63. The SMILES string of the molecule is Cc1cc(=O)c(C(=O)N2CCN(C)C[C@@H]2C(C)C)c[nH]1. The normalized spacial score (nSPS) is 20.4. The number of amides is 1. The van der Waals surface area contributed by atoms with Crippen LogP contribution in [0.1, 0.15) is 29.9 Å². The van der Waals surface area contributed by atoms with E-state index in [1.54, 1.807) is 0 Å². The Morgan fingerprint density at radius 3 is 2.70 bits per heavy atom. The van der Waals surface area contributed by atoms with Crippen LogP contribution in [-0.2, 0) is 0 Å². The van der Waals surface area contributed by atoms with Crippen molar-refractivity contribution in [2.24, 2.45) is 5.92 Å². The first-order valence-corrected chi connectivity index (χ1v) is 7.09. The molecule has 0 bridgehead atoms. The molecule has 0 saturated carbocycles. The van der Waals surface area contributed by atoms with Crippen LogP contribution in [-0.4, -0.2) is 53.4 Å². The maximum absolute atomic E-state index is 12.6. The molecule has 1 amide bonds. The molecule has 20 heavy (non-hydrogen) atoms. The largest absolute Gasteiger partial charge is 0.364 e. The second-order valence-electron chi connectivity index (χ2n) is 5.97. The zero-order valence-electron chi connectivity index (χ0n) is 12.6. The van der Waals surface area contributed by atoms with E-state index >= 15 is 0 Å². The number of hydrogen-bond acceptors (Lipinski definition) is 3. The first-order valence-electron chi connectivity index (χ1n) is 7.09. The van der Waals surface area contributed by atoms with Crippen molar-refractivity contribution in [1.29, 1.82) is 0 Å². The van der Waals surface area contributed by atoms with Crippen LogP contribution in [0.4, 0.5) is 0 Å². The third kappa shape index (κ3) is 2.93. The van der Waals surface area contributed by atoms with Crippen molar-refractivity contribution in [3.05, 3.63) is 33.7 Å². The Balaban J connectivity index is 2.29. The molecule has 5 nitrogen and oxygen atoms in total. The molecule has 1 fully saturated rings. The number of nitrogens with one attached hydrogen (secondary N) is 1. The third-order valence-electron chi connectivity index (χ3n) is 3.94. The predicted octanol–water partition coefficient (Wildman–Crippen LogP) is 1.10. The lowest BCUT2D eigenvalue weighted by Crippen LogP contribution is -2.56. The molecule has 1 saturated heterocycles. The first kappa shape index (κ1) is 14.8. The van der Waals surface area contributed by atoms with Gasteiger partial charge in [-0.25, -0.2) is 0 Å². The van der Waals surface area contributed by atoms with E-state index < -0.39 is 0 Å². The third-order valence-corrected chi connectivity index (χ3v) is 3.94. The molecule has 0 unspecified atom stereocenters. The number of H-pyrrole nitrogens is 1. The molecule has 1 aromatic heterocycles. The second kappa shape index (κ2) is 5.79. The van der Waals surface area contributed by atoms with Gasteiger partial charge in [0.05, 0.1) is 0 Å². The van der Waals surface area contributed by atoms with Gasteiger partial charge in [-0.15, -0.1) is 0 Å². The summed E-state index contributed by atoms with van der Waals surface area (Å²) in [6.45, 7) is 8.41. The van der Waals surface area contributed by atoms with Crippen LogP contribution in [0.2, 0.25) is 0 Å². The number of aryl methyl sites for hydroxylation is 1. The summed E-state index contributed by atoms with van der Waals surface area (Å²) >= 11 is 0. The number of rotatable bonds is 2. The molecule has 0 aromatic carbocycles. The Bertz CT molecular complexity index is 550.